The number of likely N-dealkylation sites (N-methyl/N-ethyl adjacent to an activating group) is 1. The smallest absolute Gasteiger partial charge is 0.316 e. The summed E-state index contributed by atoms with van der Waals surface area (Å²) in [7, 11) is 1.56. The molecule has 1 atom stereocenters. The zero-order chi connectivity index (χ0) is 18.2. The Hall–Kier alpha value is -2.24. The molecule has 6 nitrogen and oxygen atoms in total. The lowest BCUT2D eigenvalue weighted by Gasteiger charge is -2.28. The zero-order valence-corrected chi connectivity index (χ0v) is 15.2. The molecule has 0 fully saturated rings. The number of hydrogen-bond donors (Lipinski definition) is 3. The van der Waals surface area contributed by atoms with Gasteiger partial charge >= 0.3 is 6.03 Å². The zero-order valence-electron chi connectivity index (χ0n) is 15.2. The van der Waals surface area contributed by atoms with Gasteiger partial charge in [0, 0.05) is 7.05 Å². The van der Waals surface area contributed by atoms with E-state index in [9.17, 15) is 9.59 Å². The first-order valence-electron chi connectivity index (χ1n) is 8.37. The van der Waals surface area contributed by atoms with Crippen molar-refractivity contribution in [1.29, 1.82) is 0 Å². The van der Waals surface area contributed by atoms with Crippen LogP contribution in [-0.2, 0) is 10.3 Å². The van der Waals surface area contributed by atoms with Crippen LogP contribution >= 0.6 is 0 Å². The summed E-state index contributed by atoms with van der Waals surface area (Å²) in [5.41, 5.74) is 0.377. The van der Waals surface area contributed by atoms with Crippen LogP contribution in [0.3, 0.4) is 0 Å². The average molecular weight is 335 g/mol. The van der Waals surface area contributed by atoms with E-state index < -0.39 is 11.6 Å². The van der Waals surface area contributed by atoms with Crippen LogP contribution in [0.25, 0.3) is 0 Å². The van der Waals surface area contributed by atoms with E-state index in [1.54, 1.807) is 7.05 Å². The fourth-order valence-electron chi connectivity index (χ4n) is 2.42. The Bertz CT molecular complexity index is 541. The van der Waals surface area contributed by atoms with Crippen molar-refractivity contribution in [1.82, 2.24) is 16.0 Å². The van der Waals surface area contributed by atoms with Gasteiger partial charge < -0.3 is 20.7 Å². The van der Waals surface area contributed by atoms with E-state index >= 15 is 0 Å². The molecular weight excluding hydrogens is 306 g/mol. The minimum atomic E-state index is -0.575. The van der Waals surface area contributed by atoms with Crippen molar-refractivity contribution in [3.05, 3.63) is 29.8 Å². The Labute approximate surface area is 144 Å². The SMILES string of the molecule is CCC[C@@H](NC(=O)NC(C)(C)c1ccc(OCC)cc1)C(=O)NC. The van der Waals surface area contributed by atoms with Crippen molar-refractivity contribution < 1.29 is 14.3 Å². The lowest BCUT2D eigenvalue weighted by molar-refractivity contribution is -0.122. The van der Waals surface area contributed by atoms with Gasteiger partial charge in [0.25, 0.3) is 0 Å². The molecule has 0 saturated heterocycles. The topological polar surface area (TPSA) is 79.5 Å². The third-order valence-electron chi connectivity index (χ3n) is 3.76. The van der Waals surface area contributed by atoms with Crippen LogP contribution in [0.4, 0.5) is 4.79 Å². The molecule has 0 aliphatic carbocycles. The molecule has 3 amide bonds. The predicted molar refractivity (Wildman–Crippen MR) is 95.1 cm³/mol. The molecule has 1 aromatic carbocycles. The number of ether oxygens (including phenoxy) is 1. The summed E-state index contributed by atoms with van der Waals surface area (Å²) in [5.74, 6) is 0.606. The van der Waals surface area contributed by atoms with E-state index in [2.05, 4.69) is 16.0 Å². The maximum Gasteiger partial charge on any atom is 0.316 e. The van der Waals surface area contributed by atoms with Gasteiger partial charge in [-0.3, -0.25) is 4.79 Å². The summed E-state index contributed by atoms with van der Waals surface area (Å²) in [6, 6.07) is 6.71. The molecule has 0 radical (unpaired) electrons. The number of rotatable bonds is 8. The minimum Gasteiger partial charge on any atom is -0.494 e. The van der Waals surface area contributed by atoms with E-state index in [1.807, 2.05) is 52.0 Å². The Kier molecular flexibility index (Phi) is 7.55. The number of amides is 3. The molecule has 0 aliphatic heterocycles. The Balaban J connectivity index is 2.73. The lowest BCUT2D eigenvalue weighted by Crippen LogP contribution is -2.53. The van der Waals surface area contributed by atoms with Crippen LogP contribution in [0.2, 0.25) is 0 Å². The standard InChI is InChI=1S/C18H29N3O3/c1-6-8-15(16(22)19-5)20-17(23)21-18(3,4)13-9-11-14(12-10-13)24-7-2/h9-12,15H,6-8H2,1-5H3,(H,19,22)(H2,20,21,23)/t15-/m1/s1. The average Bonchev–Trinajstić information content (AvgIpc) is 2.54. The highest BCUT2D eigenvalue weighted by atomic mass is 16.5. The van der Waals surface area contributed by atoms with Crippen molar-refractivity contribution in [2.45, 2.75) is 52.1 Å². The van der Waals surface area contributed by atoms with Crippen LogP contribution in [0.5, 0.6) is 5.75 Å². The number of benzene rings is 1. The van der Waals surface area contributed by atoms with Crippen molar-refractivity contribution in [3.63, 3.8) is 0 Å². The van der Waals surface area contributed by atoms with E-state index in [0.29, 0.717) is 13.0 Å². The van der Waals surface area contributed by atoms with Gasteiger partial charge in [0.1, 0.15) is 11.8 Å². The van der Waals surface area contributed by atoms with Crippen LogP contribution in [0.1, 0.15) is 46.1 Å². The van der Waals surface area contributed by atoms with Gasteiger partial charge in [-0.1, -0.05) is 25.5 Å². The second-order valence-corrected chi connectivity index (χ2v) is 6.14. The first-order chi connectivity index (χ1) is 11.3. The Morgan fingerprint density at radius 1 is 1.17 bits per heavy atom. The second kappa shape index (κ2) is 9.15. The number of carbonyl (C=O) groups is 2. The highest BCUT2D eigenvalue weighted by Crippen LogP contribution is 2.22. The molecule has 0 spiro atoms. The van der Waals surface area contributed by atoms with Crippen molar-refractivity contribution >= 4 is 11.9 Å². The molecule has 24 heavy (non-hydrogen) atoms. The number of urea groups is 1. The van der Waals surface area contributed by atoms with Crippen molar-refractivity contribution in [3.8, 4) is 5.75 Å². The molecule has 6 heteroatoms. The maximum atomic E-state index is 12.3. The third-order valence-corrected chi connectivity index (χ3v) is 3.76. The highest BCUT2D eigenvalue weighted by Gasteiger charge is 2.25. The molecule has 134 valence electrons. The fourth-order valence-corrected chi connectivity index (χ4v) is 2.42. The molecule has 0 unspecified atom stereocenters. The fraction of sp³-hybridized carbons (Fsp3) is 0.556. The van der Waals surface area contributed by atoms with Crippen LogP contribution < -0.4 is 20.7 Å². The van der Waals surface area contributed by atoms with Gasteiger partial charge in [0.2, 0.25) is 5.91 Å². The minimum absolute atomic E-state index is 0.189. The molecule has 1 rings (SSSR count). The summed E-state index contributed by atoms with van der Waals surface area (Å²) in [6.45, 7) is 8.35. The highest BCUT2D eigenvalue weighted by molar-refractivity contribution is 5.87. The summed E-state index contributed by atoms with van der Waals surface area (Å²) in [4.78, 5) is 24.1. The maximum absolute atomic E-state index is 12.3. The molecular formula is C18H29N3O3. The monoisotopic (exact) mass is 335 g/mol. The van der Waals surface area contributed by atoms with E-state index in [-0.39, 0.29) is 11.9 Å². The second-order valence-electron chi connectivity index (χ2n) is 6.14. The normalized spacial score (nSPS) is 12.2. The van der Waals surface area contributed by atoms with E-state index in [1.165, 1.54) is 0 Å². The van der Waals surface area contributed by atoms with Crippen molar-refractivity contribution in [2.75, 3.05) is 13.7 Å². The van der Waals surface area contributed by atoms with Crippen LogP contribution in [-0.4, -0.2) is 31.6 Å². The van der Waals surface area contributed by atoms with Crippen molar-refractivity contribution in [2.24, 2.45) is 0 Å². The van der Waals surface area contributed by atoms with Gasteiger partial charge in [0.05, 0.1) is 12.1 Å². The molecule has 0 saturated carbocycles. The van der Waals surface area contributed by atoms with Crippen LogP contribution in [0.15, 0.2) is 24.3 Å². The first-order valence-corrected chi connectivity index (χ1v) is 8.37. The summed E-state index contributed by atoms with van der Waals surface area (Å²) in [5, 5.41) is 8.23. The van der Waals surface area contributed by atoms with Gasteiger partial charge in [-0.15, -0.1) is 0 Å². The quantitative estimate of drug-likeness (QED) is 0.683. The van der Waals surface area contributed by atoms with Gasteiger partial charge in [0.15, 0.2) is 0 Å². The first kappa shape index (κ1) is 19.8. The number of carbonyl (C=O) groups excluding carboxylic acids is 2. The lowest BCUT2D eigenvalue weighted by atomic mass is 9.94. The molecule has 0 aliphatic rings. The summed E-state index contributed by atoms with van der Waals surface area (Å²) < 4.78 is 5.43. The largest absolute Gasteiger partial charge is 0.494 e. The molecule has 0 aromatic heterocycles. The van der Waals surface area contributed by atoms with Gasteiger partial charge in [-0.25, -0.2) is 4.79 Å². The Morgan fingerprint density at radius 2 is 1.79 bits per heavy atom. The number of hydrogen-bond acceptors (Lipinski definition) is 3. The summed E-state index contributed by atoms with van der Waals surface area (Å²) >= 11 is 0. The number of nitrogens with one attached hydrogen (secondary N) is 3. The molecule has 0 bridgehead atoms. The predicted octanol–water partition coefficient (Wildman–Crippen LogP) is 2.53. The van der Waals surface area contributed by atoms with Crippen LogP contribution in [0, 0.1) is 0 Å². The summed E-state index contributed by atoms with van der Waals surface area (Å²) in [6.07, 6.45) is 1.40. The van der Waals surface area contributed by atoms with Gasteiger partial charge in [-0.2, -0.15) is 0 Å². The third kappa shape index (κ3) is 5.76. The van der Waals surface area contributed by atoms with E-state index in [0.717, 1.165) is 17.7 Å². The molecule has 3 N–H and O–H groups in total. The molecule has 1 aromatic rings. The van der Waals surface area contributed by atoms with Gasteiger partial charge in [-0.05, 0) is 44.9 Å². The Morgan fingerprint density at radius 3 is 2.29 bits per heavy atom. The van der Waals surface area contributed by atoms with E-state index in [4.69, 9.17) is 4.74 Å². The molecule has 0 heterocycles.